The Labute approximate surface area is 139 Å². The number of nitrogens with one attached hydrogen (secondary N) is 1. The maximum Gasteiger partial charge on any atom is 0.234 e. The second-order valence-electron chi connectivity index (χ2n) is 6.40. The summed E-state index contributed by atoms with van der Waals surface area (Å²) in [4.78, 5) is 14.0. The number of nitrogens with zero attached hydrogens (tertiary/aromatic N) is 1. The summed E-state index contributed by atoms with van der Waals surface area (Å²) >= 11 is 0. The van der Waals surface area contributed by atoms with Crippen LogP contribution in [0, 0.1) is 0 Å². The molecular formula is C17H26N2O3S. The first-order chi connectivity index (χ1) is 10.9. The third-order valence-electron chi connectivity index (χ3n) is 4.51. The Morgan fingerprint density at radius 1 is 1.22 bits per heavy atom. The van der Waals surface area contributed by atoms with Gasteiger partial charge >= 0.3 is 0 Å². The largest absolute Gasteiger partial charge is 0.351 e. The lowest BCUT2D eigenvalue weighted by Crippen LogP contribution is -2.49. The quantitative estimate of drug-likeness (QED) is 0.855. The lowest BCUT2D eigenvalue weighted by molar-refractivity contribution is -0.122. The van der Waals surface area contributed by atoms with Crippen molar-refractivity contribution in [3.05, 3.63) is 35.9 Å². The Kier molecular flexibility index (Phi) is 6.18. The second-order valence-corrected chi connectivity index (χ2v) is 8.66. The van der Waals surface area contributed by atoms with E-state index in [2.05, 4.69) is 5.32 Å². The fourth-order valence-corrected chi connectivity index (χ4v) is 4.79. The van der Waals surface area contributed by atoms with E-state index in [0.717, 1.165) is 24.8 Å². The zero-order valence-electron chi connectivity index (χ0n) is 13.9. The molecule has 0 spiro atoms. The molecule has 2 atom stereocenters. The van der Waals surface area contributed by atoms with Gasteiger partial charge in [0.1, 0.15) is 0 Å². The number of hydrogen-bond acceptors (Lipinski definition) is 4. The lowest BCUT2D eigenvalue weighted by Gasteiger charge is -2.36. The highest BCUT2D eigenvalue weighted by Gasteiger charge is 2.35. The molecule has 128 valence electrons. The van der Waals surface area contributed by atoms with E-state index in [4.69, 9.17) is 0 Å². The minimum absolute atomic E-state index is 0.0683. The minimum Gasteiger partial charge on any atom is -0.351 e. The summed E-state index contributed by atoms with van der Waals surface area (Å²) < 4.78 is 23.9. The predicted octanol–water partition coefficient (Wildman–Crippen LogP) is 1.59. The molecule has 0 bridgehead atoms. The number of carbonyl (C=O) groups excluding carboxylic acids is 1. The van der Waals surface area contributed by atoms with Gasteiger partial charge in [0.25, 0.3) is 0 Å². The fourth-order valence-electron chi connectivity index (χ4n) is 3.28. The van der Waals surface area contributed by atoms with Crippen molar-refractivity contribution in [3.8, 4) is 0 Å². The molecule has 1 aromatic rings. The average Bonchev–Trinajstić information content (AvgIpc) is 2.53. The van der Waals surface area contributed by atoms with Gasteiger partial charge in [-0.1, -0.05) is 43.2 Å². The molecule has 5 nitrogen and oxygen atoms in total. The van der Waals surface area contributed by atoms with Gasteiger partial charge in [-0.3, -0.25) is 9.69 Å². The Hall–Kier alpha value is -1.40. The lowest BCUT2D eigenvalue weighted by atomic mass is 9.94. The molecule has 6 heteroatoms. The molecule has 0 unspecified atom stereocenters. The first-order valence-corrected chi connectivity index (χ1v) is 10.0. The maximum atomic E-state index is 12.1. The van der Waals surface area contributed by atoms with Crippen molar-refractivity contribution < 1.29 is 13.2 Å². The highest BCUT2D eigenvalue weighted by molar-refractivity contribution is 7.91. The molecule has 1 N–H and O–H groups in total. The van der Waals surface area contributed by atoms with E-state index >= 15 is 0 Å². The number of rotatable bonds is 6. The zero-order valence-corrected chi connectivity index (χ0v) is 14.7. The van der Waals surface area contributed by atoms with Crippen LogP contribution in [-0.4, -0.2) is 50.4 Å². The molecule has 0 aromatic heterocycles. The molecular weight excluding hydrogens is 312 g/mol. The summed E-state index contributed by atoms with van der Waals surface area (Å²) in [6, 6.07) is 9.67. The molecule has 1 aliphatic rings. The first kappa shape index (κ1) is 17.9. The van der Waals surface area contributed by atoms with E-state index < -0.39 is 9.84 Å². The third-order valence-corrected chi connectivity index (χ3v) is 6.16. The summed E-state index contributed by atoms with van der Waals surface area (Å²) in [5, 5.41) is 2.53. The monoisotopic (exact) mass is 338 g/mol. The van der Waals surface area contributed by atoms with E-state index in [1.807, 2.05) is 42.3 Å². The summed E-state index contributed by atoms with van der Waals surface area (Å²) in [5.74, 6) is -0.0748. The summed E-state index contributed by atoms with van der Waals surface area (Å²) in [7, 11) is -1.24. The third kappa shape index (κ3) is 5.32. The van der Waals surface area contributed by atoms with Crippen LogP contribution in [0.2, 0.25) is 0 Å². The molecule has 23 heavy (non-hydrogen) atoms. The number of carbonyl (C=O) groups is 1. The summed E-state index contributed by atoms with van der Waals surface area (Å²) in [5.41, 5.74) is 1.05. The SMILES string of the molecule is CN(CC(=O)NCc1ccccc1)[C@@H]1CCCC[C@H]1S(C)(=O)=O. The van der Waals surface area contributed by atoms with Gasteiger partial charge in [0, 0.05) is 18.8 Å². The van der Waals surface area contributed by atoms with Gasteiger partial charge in [0.15, 0.2) is 9.84 Å². The van der Waals surface area contributed by atoms with Crippen molar-refractivity contribution in [3.63, 3.8) is 0 Å². The van der Waals surface area contributed by atoms with Crippen molar-refractivity contribution >= 4 is 15.7 Å². The Morgan fingerprint density at radius 3 is 2.52 bits per heavy atom. The summed E-state index contributed by atoms with van der Waals surface area (Å²) in [6.45, 7) is 0.719. The van der Waals surface area contributed by atoms with Crippen LogP contribution in [0.5, 0.6) is 0 Å². The van der Waals surface area contributed by atoms with Gasteiger partial charge in [-0.25, -0.2) is 8.42 Å². The molecule has 1 saturated carbocycles. The van der Waals surface area contributed by atoms with Crippen LogP contribution < -0.4 is 5.32 Å². The van der Waals surface area contributed by atoms with E-state index in [1.54, 1.807) is 0 Å². The fraction of sp³-hybridized carbons (Fsp3) is 0.588. The van der Waals surface area contributed by atoms with Gasteiger partial charge in [0.05, 0.1) is 11.8 Å². The van der Waals surface area contributed by atoms with Crippen molar-refractivity contribution in [2.45, 2.75) is 43.5 Å². The van der Waals surface area contributed by atoms with Crippen LogP contribution >= 0.6 is 0 Å². The minimum atomic E-state index is -3.08. The highest BCUT2D eigenvalue weighted by atomic mass is 32.2. The van der Waals surface area contributed by atoms with Gasteiger partial charge in [0.2, 0.25) is 5.91 Å². The van der Waals surface area contributed by atoms with E-state index in [1.165, 1.54) is 6.26 Å². The van der Waals surface area contributed by atoms with E-state index in [-0.39, 0.29) is 23.7 Å². The van der Waals surface area contributed by atoms with Crippen molar-refractivity contribution in [2.75, 3.05) is 19.8 Å². The molecule has 0 aliphatic heterocycles. The number of likely N-dealkylation sites (N-methyl/N-ethyl adjacent to an activating group) is 1. The number of benzene rings is 1. The molecule has 1 amide bonds. The zero-order chi connectivity index (χ0) is 16.9. The van der Waals surface area contributed by atoms with E-state index in [9.17, 15) is 13.2 Å². The molecule has 0 saturated heterocycles. The van der Waals surface area contributed by atoms with Gasteiger partial charge in [-0.15, -0.1) is 0 Å². The van der Waals surface area contributed by atoms with Crippen molar-refractivity contribution in [2.24, 2.45) is 0 Å². The molecule has 0 heterocycles. The van der Waals surface area contributed by atoms with Crippen molar-refractivity contribution in [1.29, 1.82) is 0 Å². The standard InChI is InChI=1S/C17H26N2O3S/c1-19(15-10-6-7-11-16(15)23(2,21)22)13-17(20)18-12-14-8-4-3-5-9-14/h3-5,8-9,15-16H,6-7,10-13H2,1-2H3,(H,18,20)/t15-,16-/m1/s1. The highest BCUT2D eigenvalue weighted by Crippen LogP contribution is 2.27. The van der Waals surface area contributed by atoms with Gasteiger partial charge in [-0.05, 0) is 25.5 Å². The van der Waals surface area contributed by atoms with Gasteiger partial charge < -0.3 is 5.32 Å². The first-order valence-electron chi connectivity index (χ1n) is 8.07. The normalized spacial score (nSPS) is 22.0. The molecule has 1 aromatic carbocycles. The van der Waals surface area contributed by atoms with E-state index in [0.29, 0.717) is 13.0 Å². The average molecular weight is 338 g/mol. The van der Waals surface area contributed by atoms with Crippen LogP contribution in [-0.2, 0) is 21.2 Å². The van der Waals surface area contributed by atoms with Gasteiger partial charge in [-0.2, -0.15) is 0 Å². The van der Waals surface area contributed by atoms with Crippen LogP contribution in [0.1, 0.15) is 31.2 Å². The van der Waals surface area contributed by atoms with Crippen LogP contribution in [0.25, 0.3) is 0 Å². The van der Waals surface area contributed by atoms with Crippen LogP contribution in [0.3, 0.4) is 0 Å². The number of amides is 1. The maximum absolute atomic E-state index is 12.1. The number of sulfone groups is 1. The topological polar surface area (TPSA) is 66.5 Å². The Morgan fingerprint density at radius 2 is 1.87 bits per heavy atom. The smallest absolute Gasteiger partial charge is 0.234 e. The predicted molar refractivity (Wildman–Crippen MR) is 91.8 cm³/mol. The molecule has 2 rings (SSSR count). The molecule has 0 radical (unpaired) electrons. The molecule has 1 fully saturated rings. The molecule has 1 aliphatic carbocycles. The second kappa shape index (κ2) is 7.93. The Bertz CT molecular complexity index is 616. The van der Waals surface area contributed by atoms with Crippen LogP contribution in [0.4, 0.5) is 0 Å². The van der Waals surface area contributed by atoms with Crippen LogP contribution in [0.15, 0.2) is 30.3 Å². The Balaban J connectivity index is 1.89. The van der Waals surface area contributed by atoms with Crippen molar-refractivity contribution in [1.82, 2.24) is 10.2 Å². The number of hydrogen-bond donors (Lipinski definition) is 1. The summed E-state index contributed by atoms with van der Waals surface area (Å²) in [6.07, 6.45) is 4.80.